The molecule has 2 atom stereocenters. The number of ether oxygens (including phenoxy) is 1. The maximum Gasteiger partial charge on any atom is 0.0898 e. The van der Waals surface area contributed by atoms with Crippen LogP contribution in [0.2, 0.25) is 5.02 Å². The molecule has 5 heteroatoms. The van der Waals surface area contributed by atoms with Crippen molar-refractivity contribution >= 4 is 22.9 Å². The van der Waals surface area contributed by atoms with E-state index in [1.54, 1.807) is 11.3 Å². The van der Waals surface area contributed by atoms with Gasteiger partial charge in [0.05, 0.1) is 19.3 Å². The standard InChI is InChI=1S/C16H20ClNO2S/c1-12(16-3-2-8-21-16)18-9-15(19)11-20-10-13-4-6-14(17)7-5-13/h2-8,12,15,18-19H,9-11H2,1H3/t12-,15?/m0/s1. The number of rotatable bonds is 8. The number of aliphatic hydroxyl groups is 1. The highest BCUT2D eigenvalue weighted by atomic mass is 35.5. The summed E-state index contributed by atoms with van der Waals surface area (Å²) in [7, 11) is 0. The third-order valence-electron chi connectivity index (χ3n) is 3.12. The first-order valence-corrected chi connectivity index (χ1v) is 8.18. The van der Waals surface area contributed by atoms with Gasteiger partial charge in [-0.3, -0.25) is 0 Å². The van der Waals surface area contributed by atoms with Crippen LogP contribution >= 0.6 is 22.9 Å². The highest BCUT2D eigenvalue weighted by molar-refractivity contribution is 7.10. The zero-order chi connectivity index (χ0) is 15.1. The molecular weight excluding hydrogens is 306 g/mol. The van der Waals surface area contributed by atoms with E-state index in [2.05, 4.69) is 23.7 Å². The van der Waals surface area contributed by atoms with Crippen molar-refractivity contribution in [2.45, 2.75) is 25.7 Å². The van der Waals surface area contributed by atoms with Gasteiger partial charge in [-0.2, -0.15) is 0 Å². The predicted octanol–water partition coefficient (Wildman–Crippen LogP) is 3.63. The molecule has 0 saturated heterocycles. The number of halogens is 1. The highest BCUT2D eigenvalue weighted by Crippen LogP contribution is 2.17. The lowest BCUT2D eigenvalue weighted by atomic mass is 10.2. The fourth-order valence-electron chi connectivity index (χ4n) is 1.90. The van der Waals surface area contributed by atoms with E-state index in [1.807, 2.05) is 30.3 Å². The van der Waals surface area contributed by atoms with Crippen molar-refractivity contribution in [3.63, 3.8) is 0 Å². The Morgan fingerprint density at radius 3 is 2.71 bits per heavy atom. The summed E-state index contributed by atoms with van der Waals surface area (Å²) >= 11 is 7.53. The summed E-state index contributed by atoms with van der Waals surface area (Å²) in [5.41, 5.74) is 1.05. The Labute approximate surface area is 134 Å². The summed E-state index contributed by atoms with van der Waals surface area (Å²) in [6.07, 6.45) is -0.514. The number of aliphatic hydroxyl groups excluding tert-OH is 1. The molecule has 0 amide bonds. The van der Waals surface area contributed by atoms with Crippen molar-refractivity contribution in [3.8, 4) is 0 Å². The zero-order valence-corrected chi connectivity index (χ0v) is 13.5. The second kappa shape index (κ2) is 8.51. The Bertz CT molecular complexity index is 516. The van der Waals surface area contributed by atoms with Gasteiger partial charge < -0.3 is 15.2 Å². The lowest BCUT2D eigenvalue weighted by Crippen LogP contribution is -2.31. The SMILES string of the molecule is C[C@H](NCC(O)COCc1ccc(Cl)cc1)c1cccs1. The molecule has 1 unspecified atom stereocenters. The first-order chi connectivity index (χ1) is 10.1. The Morgan fingerprint density at radius 1 is 1.29 bits per heavy atom. The molecule has 21 heavy (non-hydrogen) atoms. The van der Waals surface area contributed by atoms with Crippen LogP contribution in [0.15, 0.2) is 41.8 Å². The average Bonchev–Trinajstić information content (AvgIpc) is 3.01. The van der Waals surface area contributed by atoms with E-state index in [0.29, 0.717) is 24.8 Å². The molecule has 0 saturated carbocycles. The van der Waals surface area contributed by atoms with Crippen molar-refractivity contribution in [1.82, 2.24) is 5.32 Å². The van der Waals surface area contributed by atoms with Crippen LogP contribution in [-0.4, -0.2) is 24.4 Å². The first kappa shape index (κ1) is 16.5. The molecule has 2 N–H and O–H groups in total. The van der Waals surface area contributed by atoms with Gasteiger partial charge in [-0.25, -0.2) is 0 Å². The van der Waals surface area contributed by atoms with E-state index in [0.717, 1.165) is 5.56 Å². The molecule has 1 heterocycles. The quantitative estimate of drug-likeness (QED) is 0.778. The minimum absolute atomic E-state index is 0.246. The Hall–Kier alpha value is -0.910. The van der Waals surface area contributed by atoms with Crippen molar-refractivity contribution in [1.29, 1.82) is 0 Å². The van der Waals surface area contributed by atoms with Crippen LogP contribution in [-0.2, 0) is 11.3 Å². The Morgan fingerprint density at radius 2 is 2.05 bits per heavy atom. The molecule has 2 rings (SSSR count). The molecule has 0 aliphatic rings. The van der Waals surface area contributed by atoms with Crippen LogP contribution in [0.5, 0.6) is 0 Å². The van der Waals surface area contributed by atoms with E-state index in [4.69, 9.17) is 16.3 Å². The van der Waals surface area contributed by atoms with Gasteiger partial charge in [-0.15, -0.1) is 11.3 Å². The number of nitrogens with one attached hydrogen (secondary N) is 1. The summed E-state index contributed by atoms with van der Waals surface area (Å²) in [5.74, 6) is 0. The average molecular weight is 326 g/mol. The second-order valence-electron chi connectivity index (χ2n) is 4.94. The minimum Gasteiger partial charge on any atom is -0.389 e. The number of hydrogen-bond acceptors (Lipinski definition) is 4. The molecule has 0 radical (unpaired) electrons. The second-order valence-corrected chi connectivity index (χ2v) is 6.36. The van der Waals surface area contributed by atoms with Crippen molar-refractivity contribution in [3.05, 3.63) is 57.2 Å². The maximum absolute atomic E-state index is 9.91. The minimum atomic E-state index is -0.514. The highest BCUT2D eigenvalue weighted by Gasteiger charge is 2.09. The van der Waals surface area contributed by atoms with Crippen molar-refractivity contribution in [2.24, 2.45) is 0 Å². The largest absolute Gasteiger partial charge is 0.389 e. The molecular formula is C16H20ClNO2S. The van der Waals surface area contributed by atoms with Gasteiger partial charge in [-0.05, 0) is 36.1 Å². The third kappa shape index (κ3) is 5.77. The molecule has 1 aromatic heterocycles. The van der Waals surface area contributed by atoms with Crippen LogP contribution < -0.4 is 5.32 Å². The van der Waals surface area contributed by atoms with E-state index in [9.17, 15) is 5.11 Å². The normalized spacial score (nSPS) is 14.0. The fourth-order valence-corrected chi connectivity index (χ4v) is 2.79. The summed E-state index contributed by atoms with van der Waals surface area (Å²) in [4.78, 5) is 1.27. The maximum atomic E-state index is 9.91. The monoisotopic (exact) mass is 325 g/mol. The molecule has 0 spiro atoms. The molecule has 1 aromatic carbocycles. The summed E-state index contributed by atoms with van der Waals surface area (Å²) in [5, 5.41) is 16.0. The van der Waals surface area contributed by atoms with E-state index >= 15 is 0 Å². The lowest BCUT2D eigenvalue weighted by molar-refractivity contribution is 0.0278. The van der Waals surface area contributed by atoms with Gasteiger partial charge >= 0.3 is 0 Å². The molecule has 0 aliphatic carbocycles. The molecule has 3 nitrogen and oxygen atoms in total. The molecule has 114 valence electrons. The van der Waals surface area contributed by atoms with Crippen LogP contribution in [0, 0.1) is 0 Å². The summed E-state index contributed by atoms with van der Waals surface area (Å²) in [6.45, 7) is 3.40. The van der Waals surface area contributed by atoms with Gasteiger partial charge in [0.25, 0.3) is 0 Å². The molecule has 0 bridgehead atoms. The van der Waals surface area contributed by atoms with E-state index in [1.165, 1.54) is 4.88 Å². The lowest BCUT2D eigenvalue weighted by Gasteiger charge is -2.16. The predicted molar refractivity (Wildman–Crippen MR) is 87.9 cm³/mol. The molecule has 2 aromatic rings. The van der Waals surface area contributed by atoms with Crippen LogP contribution in [0.1, 0.15) is 23.4 Å². The number of thiophene rings is 1. The van der Waals surface area contributed by atoms with Gasteiger partial charge in [-0.1, -0.05) is 29.8 Å². The Balaban J connectivity index is 1.63. The summed E-state index contributed by atoms with van der Waals surface area (Å²) in [6, 6.07) is 11.9. The molecule has 0 fully saturated rings. The zero-order valence-electron chi connectivity index (χ0n) is 12.0. The van der Waals surface area contributed by atoms with Crippen molar-refractivity contribution < 1.29 is 9.84 Å². The van der Waals surface area contributed by atoms with Crippen molar-refractivity contribution in [2.75, 3.05) is 13.2 Å². The van der Waals surface area contributed by atoms with Crippen LogP contribution in [0.3, 0.4) is 0 Å². The van der Waals surface area contributed by atoms with Gasteiger partial charge in [0, 0.05) is 22.5 Å². The number of benzene rings is 1. The van der Waals surface area contributed by atoms with Crippen LogP contribution in [0.4, 0.5) is 0 Å². The topological polar surface area (TPSA) is 41.5 Å². The third-order valence-corrected chi connectivity index (χ3v) is 4.43. The fraction of sp³-hybridized carbons (Fsp3) is 0.375. The molecule has 0 aliphatic heterocycles. The van der Waals surface area contributed by atoms with Crippen LogP contribution in [0.25, 0.3) is 0 Å². The van der Waals surface area contributed by atoms with E-state index in [-0.39, 0.29) is 6.04 Å². The number of hydrogen-bond donors (Lipinski definition) is 2. The van der Waals surface area contributed by atoms with Gasteiger partial charge in [0.15, 0.2) is 0 Å². The van der Waals surface area contributed by atoms with Gasteiger partial charge in [0.2, 0.25) is 0 Å². The smallest absolute Gasteiger partial charge is 0.0898 e. The van der Waals surface area contributed by atoms with E-state index < -0.39 is 6.10 Å². The Kier molecular flexibility index (Phi) is 6.67. The summed E-state index contributed by atoms with van der Waals surface area (Å²) < 4.78 is 5.51. The van der Waals surface area contributed by atoms with Gasteiger partial charge in [0.1, 0.15) is 0 Å². The first-order valence-electron chi connectivity index (χ1n) is 6.92.